The lowest BCUT2D eigenvalue weighted by Gasteiger charge is -2.31. The summed E-state index contributed by atoms with van der Waals surface area (Å²) in [4.78, 5) is 37.8. The minimum Gasteiger partial charge on any atom is -0.483 e. The Morgan fingerprint density at radius 3 is 2.89 bits per heavy atom. The first-order chi connectivity index (χ1) is 13.5. The maximum absolute atomic E-state index is 13.0. The Bertz CT molecular complexity index is 1030. The molecule has 1 aliphatic rings. The van der Waals surface area contributed by atoms with Gasteiger partial charge in [-0.2, -0.15) is 5.21 Å². The number of carbonyl (C=O) groups is 2. The van der Waals surface area contributed by atoms with E-state index in [0.29, 0.717) is 36.6 Å². The fourth-order valence-corrected chi connectivity index (χ4v) is 3.01. The maximum atomic E-state index is 13.0. The number of aromatic amines is 2. The lowest BCUT2D eigenvalue weighted by atomic mass is 10.0. The Labute approximate surface area is 158 Å². The largest absolute Gasteiger partial charge is 0.483 e. The van der Waals surface area contributed by atoms with Gasteiger partial charge in [0.1, 0.15) is 6.10 Å². The van der Waals surface area contributed by atoms with E-state index in [0.717, 1.165) is 10.9 Å². The number of ether oxygens (including phenoxy) is 1. The van der Waals surface area contributed by atoms with Crippen LogP contribution in [0.25, 0.3) is 10.9 Å². The quantitative estimate of drug-likeness (QED) is 0.530. The SMILES string of the molecule is Cc1ccc2[nH]c(=O)cc(C(=O)N3CCOC(c4nn[nH]n4)C3)c2c1.O=CO. The van der Waals surface area contributed by atoms with E-state index < -0.39 is 6.10 Å². The molecule has 1 fully saturated rings. The van der Waals surface area contributed by atoms with Gasteiger partial charge in [-0.25, -0.2) is 0 Å². The van der Waals surface area contributed by atoms with Gasteiger partial charge >= 0.3 is 0 Å². The van der Waals surface area contributed by atoms with Crippen LogP contribution in [0.1, 0.15) is 27.8 Å². The number of nitrogens with one attached hydrogen (secondary N) is 2. The topological polar surface area (TPSA) is 154 Å². The third kappa shape index (κ3) is 4.04. The van der Waals surface area contributed by atoms with Crippen LogP contribution in [0.4, 0.5) is 0 Å². The number of hydrogen-bond acceptors (Lipinski definition) is 7. The molecule has 11 nitrogen and oxygen atoms in total. The molecular weight excluding hydrogens is 368 g/mol. The first kappa shape index (κ1) is 19.2. The van der Waals surface area contributed by atoms with Gasteiger partial charge in [-0.15, -0.1) is 10.2 Å². The normalized spacial score (nSPS) is 16.3. The number of pyridine rings is 1. The molecular formula is C17H18N6O5. The summed E-state index contributed by atoms with van der Waals surface area (Å²) in [6.07, 6.45) is -0.438. The molecule has 3 N–H and O–H groups in total. The van der Waals surface area contributed by atoms with Crippen LogP contribution in [0.15, 0.2) is 29.1 Å². The van der Waals surface area contributed by atoms with Gasteiger partial charge in [-0.3, -0.25) is 14.4 Å². The van der Waals surface area contributed by atoms with Crippen LogP contribution in [0.2, 0.25) is 0 Å². The number of nitrogens with zero attached hydrogens (tertiary/aromatic N) is 4. The number of aryl methyl sites for hydroxylation is 1. The van der Waals surface area contributed by atoms with Crippen LogP contribution in [0.3, 0.4) is 0 Å². The molecule has 3 heterocycles. The van der Waals surface area contributed by atoms with E-state index in [1.807, 2.05) is 25.1 Å². The molecule has 0 spiro atoms. The fraction of sp³-hybridized carbons (Fsp3) is 0.294. The highest BCUT2D eigenvalue weighted by molar-refractivity contribution is 6.06. The van der Waals surface area contributed by atoms with E-state index in [1.165, 1.54) is 6.07 Å². The molecule has 11 heteroatoms. The van der Waals surface area contributed by atoms with Crippen molar-refractivity contribution in [2.24, 2.45) is 0 Å². The molecule has 4 rings (SSSR count). The molecule has 28 heavy (non-hydrogen) atoms. The molecule has 146 valence electrons. The van der Waals surface area contributed by atoms with E-state index >= 15 is 0 Å². The number of hydrogen-bond donors (Lipinski definition) is 3. The van der Waals surface area contributed by atoms with Gasteiger partial charge in [0, 0.05) is 23.5 Å². The number of fused-ring (bicyclic) bond motifs is 1. The number of tetrazole rings is 1. The van der Waals surface area contributed by atoms with Crippen molar-refractivity contribution in [1.82, 2.24) is 30.5 Å². The van der Waals surface area contributed by atoms with Crippen LogP contribution < -0.4 is 5.56 Å². The van der Waals surface area contributed by atoms with Crippen molar-refractivity contribution in [1.29, 1.82) is 0 Å². The summed E-state index contributed by atoms with van der Waals surface area (Å²) < 4.78 is 5.62. The minimum atomic E-state index is -0.438. The van der Waals surface area contributed by atoms with E-state index in [1.54, 1.807) is 4.90 Å². The monoisotopic (exact) mass is 386 g/mol. The van der Waals surface area contributed by atoms with Gasteiger partial charge < -0.3 is 19.7 Å². The van der Waals surface area contributed by atoms with E-state index in [-0.39, 0.29) is 17.9 Å². The Morgan fingerprint density at radius 1 is 1.39 bits per heavy atom. The first-order valence-electron chi connectivity index (χ1n) is 8.39. The number of H-pyrrole nitrogens is 2. The molecule has 0 saturated carbocycles. The summed E-state index contributed by atoms with van der Waals surface area (Å²) in [5.41, 5.74) is 1.74. The highest BCUT2D eigenvalue weighted by Gasteiger charge is 2.29. The van der Waals surface area contributed by atoms with Crippen LogP contribution in [0, 0.1) is 6.92 Å². The highest BCUT2D eigenvalue weighted by atomic mass is 16.5. The Hall–Kier alpha value is -3.60. The predicted molar refractivity (Wildman–Crippen MR) is 96.8 cm³/mol. The second-order valence-corrected chi connectivity index (χ2v) is 6.08. The molecule has 0 bridgehead atoms. The zero-order valence-electron chi connectivity index (χ0n) is 15.0. The summed E-state index contributed by atoms with van der Waals surface area (Å²) in [5.74, 6) is 0.197. The van der Waals surface area contributed by atoms with Crippen molar-refractivity contribution >= 4 is 23.3 Å². The maximum Gasteiger partial charge on any atom is 0.290 e. The van der Waals surface area contributed by atoms with Gasteiger partial charge in [0.2, 0.25) is 11.4 Å². The summed E-state index contributed by atoms with van der Waals surface area (Å²) in [6, 6.07) is 6.95. The lowest BCUT2D eigenvalue weighted by molar-refractivity contribution is -0.122. The van der Waals surface area contributed by atoms with Gasteiger partial charge in [-0.05, 0) is 19.1 Å². The number of carbonyl (C=O) groups excluding carboxylic acids is 1. The fourth-order valence-electron chi connectivity index (χ4n) is 3.01. The smallest absolute Gasteiger partial charge is 0.290 e. The zero-order chi connectivity index (χ0) is 20.1. The molecule has 1 aliphatic heterocycles. The molecule has 1 amide bonds. The molecule has 1 unspecified atom stereocenters. The molecule has 0 aliphatic carbocycles. The van der Waals surface area contributed by atoms with E-state index in [2.05, 4.69) is 25.6 Å². The van der Waals surface area contributed by atoms with Crippen molar-refractivity contribution in [3.8, 4) is 0 Å². The van der Waals surface area contributed by atoms with Gasteiger partial charge in [0.05, 0.1) is 18.7 Å². The number of amides is 1. The molecule has 2 aromatic heterocycles. The van der Waals surface area contributed by atoms with Crippen LogP contribution in [-0.2, 0) is 9.53 Å². The number of aromatic nitrogens is 5. The predicted octanol–water partition coefficient (Wildman–Crippen LogP) is 0.264. The molecule has 1 saturated heterocycles. The average Bonchev–Trinajstić information content (AvgIpc) is 3.23. The molecule has 3 aromatic rings. The zero-order valence-corrected chi connectivity index (χ0v) is 15.0. The molecule has 1 aromatic carbocycles. The summed E-state index contributed by atoms with van der Waals surface area (Å²) in [6.45, 7) is 2.80. The van der Waals surface area contributed by atoms with Crippen molar-refractivity contribution in [2.45, 2.75) is 13.0 Å². The Morgan fingerprint density at radius 2 is 2.18 bits per heavy atom. The van der Waals surface area contributed by atoms with E-state index in [9.17, 15) is 9.59 Å². The number of benzene rings is 1. The third-order valence-corrected chi connectivity index (χ3v) is 4.23. The molecule has 0 radical (unpaired) electrons. The number of rotatable bonds is 2. The average molecular weight is 386 g/mol. The first-order valence-corrected chi connectivity index (χ1v) is 8.39. The van der Waals surface area contributed by atoms with Crippen LogP contribution in [0.5, 0.6) is 0 Å². The van der Waals surface area contributed by atoms with Crippen molar-refractivity contribution in [3.63, 3.8) is 0 Å². The van der Waals surface area contributed by atoms with Crippen molar-refractivity contribution in [2.75, 3.05) is 19.7 Å². The standard InChI is InChI=1S/C16H16N6O3.CH2O2/c1-9-2-3-12-10(6-9)11(7-14(23)17-12)16(24)22-4-5-25-13(8-22)15-18-20-21-19-15;2-1-3/h2-3,6-7,13H,4-5,8H2,1H3,(H,17,23)(H,18,19,20,21);1H,(H,2,3). The summed E-state index contributed by atoms with van der Waals surface area (Å²) >= 11 is 0. The van der Waals surface area contributed by atoms with Gasteiger partial charge in [0.15, 0.2) is 0 Å². The Kier molecular flexibility index (Phi) is 5.75. The van der Waals surface area contributed by atoms with Crippen molar-refractivity contribution < 1.29 is 19.4 Å². The van der Waals surface area contributed by atoms with Crippen LogP contribution >= 0.6 is 0 Å². The number of morpholine rings is 1. The van der Waals surface area contributed by atoms with E-state index in [4.69, 9.17) is 14.6 Å². The summed E-state index contributed by atoms with van der Waals surface area (Å²) in [7, 11) is 0. The van der Waals surface area contributed by atoms with Crippen LogP contribution in [-0.4, -0.2) is 67.7 Å². The van der Waals surface area contributed by atoms with Gasteiger partial charge in [0.25, 0.3) is 12.4 Å². The third-order valence-electron chi connectivity index (χ3n) is 4.23. The summed E-state index contributed by atoms with van der Waals surface area (Å²) in [5, 5.41) is 21.4. The second-order valence-electron chi connectivity index (χ2n) is 6.08. The lowest BCUT2D eigenvalue weighted by Crippen LogP contribution is -2.42. The number of carboxylic acid groups (broad SMARTS) is 1. The van der Waals surface area contributed by atoms with Crippen molar-refractivity contribution in [3.05, 3.63) is 51.6 Å². The second kappa shape index (κ2) is 8.39. The minimum absolute atomic E-state index is 0.210. The highest BCUT2D eigenvalue weighted by Crippen LogP contribution is 2.23. The Balaban J connectivity index is 0.000000706. The molecule has 1 atom stereocenters. The van der Waals surface area contributed by atoms with Gasteiger partial charge in [-0.1, -0.05) is 16.8 Å².